The van der Waals surface area contributed by atoms with E-state index in [1.807, 2.05) is 24.5 Å². The fraction of sp³-hybridized carbons (Fsp3) is 0.364. The number of hydrogen-bond donors (Lipinski definition) is 0. The van der Waals surface area contributed by atoms with E-state index < -0.39 is 0 Å². The van der Waals surface area contributed by atoms with Gasteiger partial charge in [-0.1, -0.05) is 13.8 Å². The monoisotopic (exact) mass is 187 g/mol. The van der Waals surface area contributed by atoms with Crippen LogP contribution in [-0.4, -0.2) is 23.6 Å². The first-order chi connectivity index (χ1) is 6.77. The molecule has 0 unspecified atom stereocenters. The lowest BCUT2D eigenvalue weighted by Crippen LogP contribution is -1.98. The maximum atomic E-state index is 4.37. The van der Waals surface area contributed by atoms with Crippen LogP contribution in [-0.2, 0) is 0 Å². The molecule has 0 saturated carbocycles. The van der Waals surface area contributed by atoms with Gasteiger partial charge in [0, 0.05) is 23.7 Å². The zero-order chi connectivity index (χ0) is 9.97. The van der Waals surface area contributed by atoms with Crippen molar-refractivity contribution in [2.45, 2.75) is 19.8 Å². The highest BCUT2D eigenvalue weighted by atomic mass is 15.0. The molecule has 1 aliphatic heterocycles. The van der Waals surface area contributed by atoms with E-state index in [-0.39, 0.29) is 0 Å². The fourth-order valence-electron chi connectivity index (χ4n) is 1.34. The van der Waals surface area contributed by atoms with Crippen molar-refractivity contribution in [2.75, 3.05) is 6.54 Å². The number of rotatable bonds is 2. The number of amidine groups is 1. The van der Waals surface area contributed by atoms with Crippen LogP contribution in [0.3, 0.4) is 0 Å². The van der Waals surface area contributed by atoms with Gasteiger partial charge in [-0.2, -0.15) is 0 Å². The Hall–Kier alpha value is -1.51. The van der Waals surface area contributed by atoms with Crippen LogP contribution in [0.4, 0.5) is 0 Å². The van der Waals surface area contributed by atoms with Crippen LogP contribution in [0.2, 0.25) is 0 Å². The summed E-state index contributed by atoms with van der Waals surface area (Å²) in [6, 6.07) is 4.07. The normalized spacial score (nSPS) is 14.9. The van der Waals surface area contributed by atoms with Gasteiger partial charge in [0.2, 0.25) is 0 Å². The Morgan fingerprint density at radius 2 is 2.14 bits per heavy atom. The molecule has 0 amide bonds. The van der Waals surface area contributed by atoms with Crippen molar-refractivity contribution in [3.05, 3.63) is 29.6 Å². The molecule has 1 aromatic rings. The lowest BCUT2D eigenvalue weighted by Gasteiger charge is -2.04. The molecule has 0 aliphatic carbocycles. The molecule has 0 spiro atoms. The van der Waals surface area contributed by atoms with E-state index in [2.05, 4.69) is 28.8 Å². The molecule has 1 aromatic heterocycles. The molecule has 2 heterocycles. The molecule has 0 atom stereocenters. The zero-order valence-corrected chi connectivity index (χ0v) is 8.44. The number of hydrogen-bond acceptors (Lipinski definition) is 3. The molecule has 0 bridgehead atoms. The minimum atomic E-state index is 0.470. The van der Waals surface area contributed by atoms with Crippen molar-refractivity contribution in [2.24, 2.45) is 9.98 Å². The second-order valence-corrected chi connectivity index (χ2v) is 3.60. The average molecular weight is 187 g/mol. The Morgan fingerprint density at radius 3 is 2.64 bits per heavy atom. The Balaban J connectivity index is 2.26. The number of nitrogens with zero attached hydrogens (tertiary/aromatic N) is 3. The van der Waals surface area contributed by atoms with E-state index in [4.69, 9.17) is 0 Å². The summed E-state index contributed by atoms with van der Waals surface area (Å²) in [5.41, 5.74) is 2.11. The number of aromatic nitrogens is 1. The van der Waals surface area contributed by atoms with Gasteiger partial charge < -0.3 is 0 Å². The van der Waals surface area contributed by atoms with E-state index in [0.29, 0.717) is 12.5 Å². The quantitative estimate of drug-likeness (QED) is 0.698. The van der Waals surface area contributed by atoms with E-state index in [1.54, 1.807) is 0 Å². The molecule has 3 nitrogen and oxygen atoms in total. The summed E-state index contributed by atoms with van der Waals surface area (Å²) in [6.07, 6.45) is 3.66. The van der Waals surface area contributed by atoms with E-state index >= 15 is 0 Å². The molecular formula is C11H13N3. The van der Waals surface area contributed by atoms with Crippen molar-refractivity contribution in [1.82, 2.24) is 4.98 Å². The van der Waals surface area contributed by atoms with Crippen molar-refractivity contribution in [1.29, 1.82) is 0 Å². The molecule has 0 fully saturated rings. The molecule has 0 radical (unpaired) electrons. The highest BCUT2D eigenvalue weighted by molar-refractivity contribution is 6.05. The lowest BCUT2D eigenvalue weighted by molar-refractivity contribution is 0.822. The molecule has 3 heteroatoms. The number of aliphatic imine (C=N–C) groups is 2. The van der Waals surface area contributed by atoms with Crippen molar-refractivity contribution in [3.63, 3.8) is 0 Å². The highest BCUT2D eigenvalue weighted by Gasteiger charge is 2.06. The molecule has 2 rings (SSSR count). The summed E-state index contributed by atoms with van der Waals surface area (Å²) in [4.78, 5) is 12.8. The van der Waals surface area contributed by atoms with Crippen LogP contribution in [0.15, 0.2) is 28.3 Å². The predicted molar refractivity (Wildman–Crippen MR) is 58.2 cm³/mol. The summed E-state index contributed by atoms with van der Waals surface area (Å²) >= 11 is 0. The van der Waals surface area contributed by atoms with Crippen molar-refractivity contribution in [3.8, 4) is 0 Å². The maximum absolute atomic E-state index is 4.37. The minimum absolute atomic E-state index is 0.470. The highest BCUT2D eigenvalue weighted by Crippen LogP contribution is 2.12. The van der Waals surface area contributed by atoms with Crippen LogP contribution in [0.5, 0.6) is 0 Å². The third-order valence-electron chi connectivity index (χ3n) is 2.17. The van der Waals surface area contributed by atoms with Gasteiger partial charge >= 0.3 is 0 Å². The molecular weight excluding hydrogens is 174 g/mol. The van der Waals surface area contributed by atoms with Crippen molar-refractivity contribution >= 4 is 12.1 Å². The van der Waals surface area contributed by atoms with Gasteiger partial charge in [-0.25, -0.2) is 4.99 Å². The zero-order valence-electron chi connectivity index (χ0n) is 8.44. The van der Waals surface area contributed by atoms with Gasteiger partial charge in [-0.15, -0.1) is 0 Å². The maximum Gasteiger partial charge on any atom is 0.156 e. The summed E-state index contributed by atoms with van der Waals surface area (Å²) in [5, 5.41) is 0. The molecule has 0 aromatic carbocycles. The molecule has 0 N–H and O–H groups in total. The number of pyridine rings is 1. The second kappa shape index (κ2) is 3.70. The van der Waals surface area contributed by atoms with E-state index in [9.17, 15) is 0 Å². The minimum Gasteiger partial charge on any atom is -0.260 e. The lowest BCUT2D eigenvalue weighted by atomic mass is 10.1. The first-order valence-corrected chi connectivity index (χ1v) is 4.80. The Kier molecular flexibility index (Phi) is 2.39. The third-order valence-corrected chi connectivity index (χ3v) is 2.17. The standard InChI is InChI=1S/C11H13N3/c1-8(2)10-4-3-9(7-14-10)11-12-5-6-13-11/h3-5,7-8H,6H2,1-2H3. The van der Waals surface area contributed by atoms with Gasteiger partial charge in [-0.05, 0) is 18.1 Å². The smallest absolute Gasteiger partial charge is 0.156 e. The average Bonchev–Trinajstić information content (AvgIpc) is 2.71. The van der Waals surface area contributed by atoms with Crippen LogP contribution in [0.25, 0.3) is 0 Å². The molecule has 14 heavy (non-hydrogen) atoms. The topological polar surface area (TPSA) is 37.6 Å². The first-order valence-electron chi connectivity index (χ1n) is 4.80. The summed E-state index contributed by atoms with van der Waals surface area (Å²) in [7, 11) is 0. The van der Waals surface area contributed by atoms with E-state index in [1.165, 1.54) is 0 Å². The van der Waals surface area contributed by atoms with Crippen LogP contribution >= 0.6 is 0 Å². The van der Waals surface area contributed by atoms with Gasteiger partial charge in [0.15, 0.2) is 5.84 Å². The third kappa shape index (κ3) is 1.71. The van der Waals surface area contributed by atoms with Gasteiger partial charge in [0.25, 0.3) is 0 Å². The fourth-order valence-corrected chi connectivity index (χ4v) is 1.34. The Morgan fingerprint density at radius 1 is 1.29 bits per heavy atom. The molecule has 1 aliphatic rings. The Labute approximate surface area is 83.6 Å². The van der Waals surface area contributed by atoms with E-state index in [0.717, 1.165) is 17.1 Å². The second-order valence-electron chi connectivity index (χ2n) is 3.60. The van der Waals surface area contributed by atoms with Crippen LogP contribution < -0.4 is 0 Å². The molecule has 72 valence electrons. The summed E-state index contributed by atoms with van der Waals surface area (Å²) < 4.78 is 0. The van der Waals surface area contributed by atoms with Gasteiger partial charge in [0.1, 0.15) is 0 Å². The van der Waals surface area contributed by atoms with Crippen LogP contribution in [0, 0.1) is 0 Å². The molecule has 0 saturated heterocycles. The van der Waals surface area contributed by atoms with Crippen molar-refractivity contribution < 1.29 is 0 Å². The van der Waals surface area contributed by atoms with Gasteiger partial charge in [-0.3, -0.25) is 9.98 Å². The SMILES string of the molecule is CC(C)c1ccc(C2=NCC=N2)cn1. The van der Waals surface area contributed by atoms with Crippen LogP contribution in [0.1, 0.15) is 31.0 Å². The van der Waals surface area contributed by atoms with Gasteiger partial charge in [0.05, 0.1) is 6.54 Å². The largest absolute Gasteiger partial charge is 0.260 e. The predicted octanol–water partition coefficient (Wildman–Crippen LogP) is 2.04. The summed E-state index contributed by atoms with van der Waals surface area (Å²) in [6.45, 7) is 4.96. The summed E-state index contributed by atoms with van der Waals surface area (Å²) in [5.74, 6) is 1.27. The first kappa shape index (κ1) is 9.06. The Bertz CT molecular complexity index is 374.